The van der Waals surface area contributed by atoms with Crippen molar-refractivity contribution in [2.45, 2.75) is 50.7 Å². The molecule has 1 spiro atoms. The summed E-state index contributed by atoms with van der Waals surface area (Å²) < 4.78 is 63.2. The number of nitrogens with zero attached hydrogens (tertiary/aromatic N) is 1. The SMILES string of the molecule is C=CCC(O)(/C=C(\c1cc(Cl)c(F)c(Cl)c1)C(F)(F)F)c1ccc2c(c1)C(C(C)(C)C)OC21CN(C(=O)O)C1. The van der Waals surface area contributed by atoms with E-state index in [0.29, 0.717) is 11.6 Å². The number of aliphatic hydroxyl groups is 1. The summed E-state index contributed by atoms with van der Waals surface area (Å²) in [4.78, 5) is 12.6. The molecule has 2 N–H and O–H groups in total. The lowest BCUT2D eigenvalue weighted by atomic mass is 9.78. The number of carbonyl (C=O) groups is 1. The fourth-order valence-electron chi connectivity index (χ4n) is 5.17. The number of allylic oxidation sites excluding steroid dienone is 1. The van der Waals surface area contributed by atoms with Gasteiger partial charge in [-0.15, -0.1) is 6.58 Å². The van der Waals surface area contributed by atoms with Gasteiger partial charge in [-0.1, -0.05) is 62.2 Å². The minimum absolute atomic E-state index is 0.113. The van der Waals surface area contributed by atoms with Crippen molar-refractivity contribution in [1.29, 1.82) is 0 Å². The molecule has 1 saturated heterocycles. The molecule has 5 nitrogen and oxygen atoms in total. The minimum Gasteiger partial charge on any atom is -0.465 e. The number of ether oxygens (including phenoxy) is 1. The molecule has 0 aliphatic carbocycles. The number of likely N-dealkylation sites (tertiary alicyclic amines) is 1. The summed E-state index contributed by atoms with van der Waals surface area (Å²) in [5, 5.41) is 19.9. The number of halogens is 6. The van der Waals surface area contributed by atoms with Crippen molar-refractivity contribution in [2.75, 3.05) is 13.1 Å². The largest absolute Gasteiger partial charge is 0.465 e. The van der Waals surface area contributed by atoms with Crippen LogP contribution >= 0.6 is 23.2 Å². The second kappa shape index (κ2) is 9.80. The Bertz CT molecular complexity index is 1340. The van der Waals surface area contributed by atoms with Crippen LogP contribution in [0.4, 0.5) is 22.4 Å². The zero-order valence-electron chi connectivity index (χ0n) is 21.4. The molecule has 2 unspecified atom stereocenters. The van der Waals surface area contributed by atoms with Gasteiger partial charge in [0.1, 0.15) is 11.2 Å². The third-order valence-electron chi connectivity index (χ3n) is 7.06. The first-order chi connectivity index (χ1) is 17.9. The zero-order valence-corrected chi connectivity index (χ0v) is 22.9. The molecular weight excluding hydrogens is 561 g/mol. The van der Waals surface area contributed by atoms with Gasteiger partial charge < -0.3 is 19.8 Å². The molecule has 1 amide bonds. The summed E-state index contributed by atoms with van der Waals surface area (Å²) in [6.45, 7) is 9.62. The van der Waals surface area contributed by atoms with Gasteiger partial charge in [-0.05, 0) is 51.9 Å². The normalized spacial score (nSPS) is 20.4. The van der Waals surface area contributed by atoms with E-state index in [2.05, 4.69) is 6.58 Å². The second-order valence-electron chi connectivity index (χ2n) is 11.0. The third kappa shape index (κ3) is 5.29. The number of alkyl halides is 3. The molecule has 11 heteroatoms. The van der Waals surface area contributed by atoms with Gasteiger partial charge in [0.25, 0.3) is 0 Å². The minimum atomic E-state index is -4.95. The second-order valence-corrected chi connectivity index (χ2v) is 11.8. The van der Waals surface area contributed by atoms with Crippen molar-refractivity contribution in [3.8, 4) is 0 Å². The summed E-state index contributed by atoms with van der Waals surface area (Å²) in [5.41, 5.74) is -3.76. The quantitative estimate of drug-likeness (QED) is 0.212. The van der Waals surface area contributed by atoms with Gasteiger partial charge in [0.05, 0.1) is 34.8 Å². The molecule has 2 aromatic rings. The Balaban J connectivity index is 1.87. The molecule has 0 aromatic heterocycles. The molecule has 39 heavy (non-hydrogen) atoms. The van der Waals surface area contributed by atoms with E-state index in [9.17, 15) is 32.6 Å². The number of fused-ring (bicyclic) bond motifs is 2. The maximum atomic E-state index is 14.3. The number of benzene rings is 2. The Hall–Kier alpha value is -2.59. The maximum Gasteiger partial charge on any atom is 0.416 e. The smallest absolute Gasteiger partial charge is 0.416 e. The average Bonchev–Trinajstić information content (AvgIpc) is 3.15. The first-order valence-electron chi connectivity index (χ1n) is 12.0. The van der Waals surface area contributed by atoms with Crippen LogP contribution in [0.25, 0.3) is 5.57 Å². The van der Waals surface area contributed by atoms with Crippen molar-refractivity contribution in [2.24, 2.45) is 5.41 Å². The molecule has 2 aliphatic rings. The average molecular weight is 588 g/mol. The van der Waals surface area contributed by atoms with Gasteiger partial charge in [0, 0.05) is 6.42 Å². The molecule has 2 aromatic carbocycles. The van der Waals surface area contributed by atoms with Crippen molar-refractivity contribution >= 4 is 34.9 Å². The van der Waals surface area contributed by atoms with E-state index in [0.717, 1.165) is 17.7 Å². The number of hydrogen-bond acceptors (Lipinski definition) is 3. The van der Waals surface area contributed by atoms with Crippen LogP contribution in [0.2, 0.25) is 10.0 Å². The van der Waals surface area contributed by atoms with Gasteiger partial charge in [-0.25, -0.2) is 9.18 Å². The highest BCUT2D eigenvalue weighted by Crippen LogP contribution is 2.55. The Kier molecular flexibility index (Phi) is 7.39. The summed E-state index contributed by atoms with van der Waals surface area (Å²) in [6, 6.07) is 6.36. The Morgan fingerprint density at radius 3 is 2.26 bits per heavy atom. The molecule has 1 fully saturated rings. The van der Waals surface area contributed by atoms with E-state index in [4.69, 9.17) is 27.9 Å². The summed E-state index contributed by atoms with van der Waals surface area (Å²) in [5.74, 6) is -1.05. The first kappa shape index (κ1) is 29.4. The predicted molar refractivity (Wildman–Crippen MR) is 140 cm³/mol. The Labute approximate surface area is 233 Å². The number of amides is 1. The third-order valence-corrected chi connectivity index (χ3v) is 7.61. The highest BCUT2D eigenvalue weighted by molar-refractivity contribution is 6.35. The molecule has 2 aliphatic heterocycles. The van der Waals surface area contributed by atoms with E-state index in [-0.39, 0.29) is 25.1 Å². The molecule has 2 atom stereocenters. The van der Waals surface area contributed by atoms with Gasteiger partial charge in [-0.3, -0.25) is 0 Å². The van der Waals surface area contributed by atoms with Crippen molar-refractivity contribution in [3.63, 3.8) is 0 Å². The van der Waals surface area contributed by atoms with E-state index in [1.807, 2.05) is 20.8 Å². The van der Waals surface area contributed by atoms with Crippen molar-refractivity contribution in [1.82, 2.24) is 4.90 Å². The lowest BCUT2D eigenvalue weighted by Crippen LogP contribution is -2.61. The van der Waals surface area contributed by atoms with Crippen LogP contribution in [0.5, 0.6) is 0 Å². The van der Waals surface area contributed by atoms with Crippen LogP contribution in [0.3, 0.4) is 0 Å². The Morgan fingerprint density at radius 1 is 1.18 bits per heavy atom. The fraction of sp³-hybridized carbons (Fsp3) is 0.393. The standard InChI is InChI=1S/C28H27Cl2F4NO4/c1-5-8-26(38,12-19(28(32,33)34)15-9-20(29)22(31)21(30)10-15)16-6-7-18-17(11-16)23(25(2,3)4)39-27(18)13-35(14-27)24(36)37/h5-7,9-12,23,38H,1,8,13-14H2,2-4H3,(H,36,37)/b19-12+. The van der Waals surface area contributed by atoms with Gasteiger partial charge in [0.2, 0.25) is 0 Å². The highest BCUT2D eigenvalue weighted by atomic mass is 35.5. The molecule has 0 saturated carbocycles. The number of rotatable bonds is 5. The van der Waals surface area contributed by atoms with Crippen LogP contribution in [-0.2, 0) is 15.9 Å². The molecule has 4 rings (SSSR count). The predicted octanol–water partition coefficient (Wildman–Crippen LogP) is 7.85. The van der Waals surface area contributed by atoms with Crippen molar-refractivity contribution < 1.29 is 37.3 Å². The maximum absolute atomic E-state index is 14.3. The highest BCUT2D eigenvalue weighted by Gasteiger charge is 2.56. The van der Waals surface area contributed by atoms with Crippen LogP contribution in [0.1, 0.15) is 55.5 Å². The van der Waals surface area contributed by atoms with E-state index < -0.39 is 62.0 Å². The van der Waals surface area contributed by atoms with Gasteiger partial charge in [-0.2, -0.15) is 13.2 Å². The molecule has 0 bridgehead atoms. The van der Waals surface area contributed by atoms with Gasteiger partial charge in [0.15, 0.2) is 5.82 Å². The monoisotopic (exact) mass is 587 g/mol. The molecular formula is C28H27Cl2F4NO4. The zero-order chi connectivity index (χ0) is 29.1. The van der Waals surface area contributed by atoms with Gasteiger partial charge >= 0.3 is 12.3 Å². The van der Waals surface area contributed by atoms with Crippen LogP contribution in [0.15, 0.2) is 49.1 Å². The van der Waals surface area contributed by atoms with E-state index in [1.54, 1.807) is 12.1 Å². The van der Waals surface area contributed by atoms with Crippen molar-refractivity contribution in [3.05, 3.63) is 87.2 Å². The first-order valence-corrected chi connectivity index (χ1v) is 12.8. The van der Waals surface area contributed by atoms with E-state index in [1.165, 1.54) is 17.0 Å². The topological polar surface area (TPSA) is 70.0 Å². The summed E-state index contributed by atoms with van der Waals surface area (Å²) in [6.07, 6.45) is -4.89. The van der Waals surface area contributed by atoms with Crippen LogP contribution < -0.4 is 0 Å². The Morgan fingerprint density at radius 2 is 1.77 bits per heavy atom. The summed E-state index contributed by atoms with van der Waals surface area (Å²) >= 11 is 11.5. The summed E-state index contributed by atoms with van der Waals surface area (Å²) in [7, 11) is 0. The lowest BCUT2D eigenvalue weighted by molar-refractivity contribution is -0.176. The molecule has 210 valence electrons. The van der Waals surface area contributed by atoms with Crippen LogP contribution in [-0.4, -0.2) is 40.5 Å². The lowest BCUT2D eigenvalue weighted by Gasteiger charge is -2.47. The number of hydrogen-bond donors (Lipinski definition) is 2. The van der Waals surface area contributed by atoms with Crippen LogP contribution in [0, 0.1) is 11.2 Å². The number of carboxylic acid groups (broad SMARTS) is 1. The fourth-order valence-corrected chi connectivity index (χ4v) is 5.66. The molecule has 2 heterocycles. The molecule has 0 radical (unpaired) electrons. The van der Waals surface area contributed by atoms with E-state index >= 15 is 0 Å².